The van der Waals surface area contributed by atoms with Gasteiger partial charge in [0, 0.05) is 6.54 Å². The largest absolute Gasteiger partial charge is 0.477 e. The minimum absolute atomic E-state index is 0.0887. The molecule has 1 atom stereocenters. The number of carbonyl (C=O) groups is 1. The Morgan fingerprint density at radius 2 is 2.50 bits per heavy atom. The van der Waals surface area contributed by atoms with Crippen LogP contribution in [0, 0.1) is 5.92 Å². The molecule has 16 heavy (non-hydrogen) atoms. The van der Waals surface area contributed by atoms with Gasteiger partial charge in [0.15, 0.2) is 5.69 Å². The Labute approximate surface area is 98.5 Å². The number of pyridine rings is 1. The van der Waals surface area contributed by atoms with Crippen molar-refractivity contribution in [1.29, 1.82) is 0 Å². The number of rotatable bonds is 4. The minimum Gasteiger partial charge on any atom is -0.477 e. The van der Waals surface area contributed by atoms with E-state index in [2.05, 4.69) is 10.3 Å². The van der Waals surface area contributed by atoms with Crippen LogP contribution in [0.5, 0.6) is 0 Å². The first-order valence-electron chi connectivity index (χ1n) is 5.27. The van der Waals surface area contributed by atoms with Gasteiger partial charge >= 0.3 is 5.97 Å². The highest BCUT2D eigenvalue weighted by atomic mass is 32.2. The number of nitrogens with one attached hydrogen (secondary N) is 1. The van der Waals surface area contributed by atoms with Crippen LogP contribution in [0.3, 0.4) is 0 Å². The van der Waals surface area contributed by atoms with Crippen molar-refractivity contribution in [3.8, 4) is 0 Å². The van der Waals surface area contributed by atoms with Gasteiger partial charge in [-0.05, 0) is 36.0 Å². The standard InChI is InChI=1S/C11H14N2O2S/c14-11(15)9-2-1-3-10(13-9)12-6-8-4-5-16-7-8/h1-3,8H,4-7H2,(H,12,13)(H,14,15). The maximum atomic E-state index is 10.7. The average molecular weight is 238 g/mol. The molecule has 0 saturated carbocycles. The van der Waals surface area contributed by atoms with Crippen molar-refractivity contribution in [3.05, 3.63) is 23.9 Å². The second kappa shape index (κ2) is 5.21. The summed E-state index contributed by atoms with van der Waals surface area (Å²) >= 11 is 1.97. The summed E-state index contributed by atoms with van der Waals surface area (Å²) in [5.74, 6) is 2.76. The summed E-state index contributed by atoms with van der Waals surface area (Å²) in [6, 6.07) is 5.01. The van der Waals surface area contributed by atoms with Crippen molar-refractivity contribution < 1.29 is 9.90 Å². The molecule has 0 aromatic carbocycles. The molecule has 1 saturated heterocycles. The maximum absolute atomic E-state index is 10.7. The number of hydrogen-bond donors (Lipinski definition) is 2. The van der Waals surface area contributed by atoms with Gasteiger partial charge < -0.3 is 10.4 Å². The lowest BCUT2D eigenvalue weighted by Crippen LogP contribution is -2.15. The summed E-state index contributed by atoms with van der Waals surface area (Å²) in [7, 11) is 0. The van der Waals surface area contributed by atoms with Crippen LogP contribution in [0.4, 0.5) is 5.82 Å². The van der Waals surface area contributed by atoms with Gasteiger partial charge in [0.1, 0.15) is 5.82 Å². The number of nitrogens with zero attached hydrogens (tertiary/aromatic N) is 1. The van der Waals surface area contributed by atoms with Gasteiger partial charge in [0.05, 0.1) is 0 Å². The first-order valence-corrected chi connectivity index (χ1v) is 6.43. The quantitative estimate of drug-likeness (QED) is 0.839. The van der Waals surface area contributed by atoms with E-state index in [0.717, 1.165) is 6.54 Å². The predicted molar refractivity (Wildman–Crippen MR) is 65.1 cm³/mol. The van der Waals surface area contributed by atoms with E-state index in [1.807, 2.05) is 11.8 Å². The van der Waals surface area contributed by atoms with Crippen LogP contribution in [-0.2, 0) is 0 Å². The first kappa shape index (κ1) is 11.3. The van der Waals surface area contributed by atoms with Gasteiger partial charge in [-0.25, -0.2) is 9.78 Å². The second-order valence-corrected chi connectivity index (χ2v) is 4.97. The number of thioether (sulfide) groups is 1. The van der Waals surface area contributed by atoms with Crippen LogP contribution in [0.2, 0.25) is 0 Å². The maximum Gasteiger partial charge on any atom is 0.354 e. The summed E-state index contributed by atoms with van der Waals surface area (Å²) in [4.78, 5) is 14.7. The molecule has 1 unspecified atom stereocenters. The molecule has 0 bridgehead atoms. The van der Waals surface area contributed by atoms with E-state index in [0.29, 0.717) is 11.7 Å². The van der Waals surface area contributed by atoms with Crippen LogP contribution < -0.4 is 5.32 Å². The highest BCUT2D eigenvalue weighted by Gasteiger charge is 2.15. The fourth-order valence-electron chi connectivity index (χ4n) is 1.65. The lowest BCUT2D eigenvalue weighted by molar-refractivity contribution is 0.0690. The van der Waals surface area contributed by atoms with Gasteiger partial charge in [0.25, 0.3) is 0 Å². The van der Waals surface area contributed by atoms with Crippen LogP contribution in [-0.4, -0.2) is 34.1 Å². The van der Waals surface area contributed by atoms with Crippen LogP contribution in [0.25, 0.3) is 0 Å². The lowest BCUT2D eigenvalue weighted by atomic mass is 10.1. The van der Waals surface area contributed by atoms with Gasteiger partial charge in [-0.3, -0.25) is 0 Å². The van der Waals surface area contributed by atoms with Crippen molar-refractivity contribution in [2.24, 2.45) is 5.92 Å². The third-order valence-corrected chi connectivity index (χ3v) is 3.80. The third kappa shape index (κ3) is 2.88. The third-order valence-electron chi connectivity index (χ3n) is 2.56. The van der Waals surface area contributed by atoms with Crippen molar-refractivity contribution in [1.82, 2.24) is 4.98 Å². The van der Waals surface area contributed by atoms with Crippen molar-refractivity contribution >= 4 is 23.5 Å². The topological polar surface area (TPSA) is 62.2 Å². The van der Waals surface area contributed by atoms with E-state index in [1.165, 1.54) is 24.0 Å². The Hall–Kier alpha value is -1.23. The van der Waals surface area contributed by atoms with E-state index in [9.17, 15) is 4.79 Å². The monoisotopic (exact) mass is 238 g/mol. The number of aromatic carboxylic acids is 1. The van der Waals surface area contributed by atoms with E-state index < -0.39 is 5.97 Å². The number of hydrogen-bond acceptors (Lipinski definition) is 4. The van der Waals surface area contributed by atoms with Crippen LogP contribution >= 0.6 is 11.8 Å². The Morgan fingerprint density at radius 3 is 3.19 bits per heavy atom. The summed E-state index contributed by atoms with van der Waals surface area (Å²) in [5.41, 5.74) is 0.0887. The molecule has 2 N–H and O–H groups in total. The van der Waals surface area contributed by atoms with Gasteiger partial charge in [-0.2, -0.15) is 11.8 Å². The summed E-state index contributed by atoms with van der Waals surface area (Å²) in [6.45, 7) is 0.878. The molecule has 2 rings (SSSR count). The SMILES string of the molecule is O=C(O)c1cccc(NCC2CCSC2)n1. The van der Waals surface area contributed by atoms with Gasteiger partial charge in [-0.15, -0.1) is 0 Å². The zero-order valence-electron chi connectivity index (χ0n) is 8.85. The second-order valence-electron chi connectivity index (χ2n) is 3.82. The number of carboxylic acid groups (broad SMARTS) is 1. The molecule has 1 aromatic heterocycles. The zero-order valence-corrected chi connectivity index (χ0v) is 9.67. The van der Waals surface area contributed by atoms with Crippen molar-refractivity contribution in [2.75, 3.05) is 23.4 Å². The summed E-state index contributed by atoms with van der Waals surface area (Å²) < 4.78 is 0. The van der Waals surface area contributed by atoms with E-state index >= 15 is 0 Å². The van der Waals surface area contributed by atoms with Gasteiger partial charge in [0.2, 0.25) is 0 Å². The minimum atomic E-state index is -0.986. The molecule has 1 aliphatic heterocycles. The molecule has 4 nitrogen and oxygen atoms in total. The molecule has 1 aliphatic rings. The molecular weight excluding hydrogens is 224 g/mol. The Balaban J connectivity index is 1.93. The Morgan fingerprint density at radius 1 is 1.62 bits per heavy atom. The van der Waals surface area contributed by atoms with Crippen LogP contribution in [0.15, 0.2) is 18.2 Å². The average Bonchev–Trinajstić information content (AvgIpc) is 2.79. The molecule has 86 valence electrons. The van der Waals surface area contributed by atoms with Crippen molar-refractivity contribution in [3.63, 3.8) is 0 Å². The van der Waals surface area contributed by atoms with Crippen LogP contribution in [0.1, 0.15) is 16.9 Å². The lowest BCUT2D eigenvalue weighted by Gasteiger charge is -2.10. The fourth-order valence-corrected chi connectivity index (χ4v) is 2.93. The zero-order chi connectivity index (χ0) is 11.4. The molecule has 2 heterocycles. The highest BCUT2D eigenvalue weighted by Crippen LogP contribution is 2.23. The molecule has 0 amide bonds. The normalized spacial score (nSPS) is 19.6. The fraction of sp³-hybridized carbons (Fsp3) is 0.455. The van der Waals surface area contributed by atoms with E-state index in [-0.39, 0.29) is 5.69 Å². The highest BCUT2D eigenvalue weighted by molar-refractivity contribution is 7.99. The molecular formula is C11H14N2O2S. The molecule has 1 aromatic rings. The summed E-state index contributed by atoms with van der Waals surface area (Å²) in [5, 5.41) is 12.0. The number of aromatic nitrogens is 1. The van der Waals surface area contributed by atoms with Crippen molar-refractivity contribution in [2.45, 2.75) is 6.42 Å². The Bertz CT molecular complexity index is 378. The summed E-state index contributed by atoms with van der Waals surface area (Å²) in [6.07, 6.45) is 1.23. The smallest absolute Gasteiger partial charge is 0.354 e. The van der Waals surface area contributed by atoms with E-state index in [1.54, 1.807) is 12.1 Å². The predicted octanol–water partition coefficient (Wildman–Crippen LogP) is 1.94. The number of anilines is 1. The van der Waals surface area contributed by atoms with E-state index in [4.69, 9.17) is 5.11 Å². The molecule has 0 aliphatic carbocycles. The Kier molecular flexibility index (Phi) is 3.66. The molecule has 5 heteroatoms. The molecule has 0 spiro atoms. The van der Waals surface area contributed by atoms with Gasteiger partial charge in [-0.1, -0.05) is 6.07 Å². The first-order chi connectivity index (χ1) is 7.75. The molecule has 0 radical (unpaired) electrons. The molecule has 1 fully saturated rings. The number of carboxylic acids is 1.